The molecule has 0 spiro atoms. The van der Waals surface area contributed by atoms with E-state index in [1.54, 1.807) is 24.3 Å². The van der Waals surface area contributed by atoms with E-state index < -0.39 is 5.97 Å². The van der Waals surface area contributed by atoms with Crippen LogP contribution in [0.4, 0.5) is 5.69 Å². The van der Waals surface area contributed by atoms with E-state index in [4.69, 9.17) is 0 Å². The summed E-state index contributed by atoms with van der Waals surface area (Å²) in [6.45, 7) is 1.98. The minimum absolute atomic E-state index is 0.217. The van der Waals surface area contributed by atoms with E-state index in [1.165, 1.54) is 7.11 Å². The molecule has 4 heteroatoms. The number of nitrogens with one attached hydrogen (secondary N) is 1. The third kappa shape index (κ3) is 3.23. The normalized spacial score (nSPS) is 9.90. The highest BCUT2D eigenvalue weighted by molar-refractivity contribution is 6.04. The van der Waals surface area contributed by atoms with Crippen molar-refractivity contribution in [2.45, 2.75) is 6.92 Å². The molecule has 0 atom stereocenters. The standard InChI is InChI=1S/C16H15NO3/c1-11-3-9-14(10-4-11)17-15(18)12-5-7-13(8-6-12)16(19)20-2/h3-10H,1-2H3,(H,17,18). The summed E-state index contributed by atoms with van der Waals surface area (Å²) >= 11 is 0. The van der Waals surface area contributed by atoms with Gasteiger partial charge in [0.1, 0.15) is 0 Å². The van der Waals surface area contributed by atoms with Crippen molar-refractivity contribution in [1.82, 2.24) is 0 Å². The number of rotatable bonds is 3. The molecule has 0 fully saturated rings. The van der Waals surface area contributed by atoms with Crippen molar-refractivity contribution in [2.24, 2.45) is 0 Å². The molecular weight excluding hydrogens is 254 g/mol. The van der Waals surface area contributed by atoms with Crippen LogP contribution in [0.1, 0.15) is 26.3 Å². The lowest BCUT2D eigenvalue weighted by atomic mass is 10.1. The summed E-state index contributed by atoms with van der Waals surface area (Å²) in [6, 6.07) is 13.9. The quantitative estimate of drug-likeness (QED) is 0.871. The number of hydrogen-bond acceptors (Lipinski definition) is 3. The second-order valence-corrected chi connectivity index (χ2v) is 4.39. The van der Waals surface area contributed by atoms with Crippen LogP contribution in [0.5, 0.6) is 0 Å². The molecule has 0 saturated carbocycles. The van der Waals surface area contributed by atoms with Crippen LogP contribution >= 0.6 is 0 Å². The number of anilines is 1. The highest BCUT2D eigenvalue weighted by Crippen LogP contribution is 2.12. The molecule has 0 aliphatic rings. The number of aryl methyl sites for hydroxylation is 1. The van der Waals surface area contributed by atoms with Gasteiger partial charge in [0.2, 0.25) is 0 Å². The van der Waals surface area contributed by atoms with Crippen LogP contribution in [-0.4, -0.2) is 19.0 Å². The van der Waals surface area contributed by atoms with E-state index in [2.05, 4.69) is 10.1 Å². The molecule has 0 unspecified atom stereocenters. The number of amides is 1. The minimum atomic E-state index is -0.421. The average molecular weight is 269 g/mol. The van der Waals surface area contributed by atoms with Gasteiger partial charge in [-0.1, -0.05) is 17.7 Å². The molecule has 0 aliphatic carbocycles. The lowest BCUT2D eigenvalue weighted by molar-refractivity contribution is 0.0600. The minimum Gasteiger partial charge on any atom is -0.465 e. The fourth-order valence-electron chi connectivity index (χ4n) is 1.72. The molecule has 2 aromatic rings. The van der Waals surface area contributed by atoms with Crippen molar-refractivity contribution in [1.29, 1.82) is 0 Å². The average Bonchev–Trinajstić information content (AvgIpc) is 2.49. The smallest absolute Gasteiger partial charge is 0.337 e. The lowest BCUT2D eigenvalue weighted by Crippen LogP contribution is -2.12. The molecule has 0 heterocycles. The van der Waals surface area contributed by atoms with Gasteiger partial charge in [0.05, 0.1) is 12.7 Å². The van der Waals surface area contributed by atoms with Crippen LogP contribution in [0.25, 0.3) is 0 Å². The fraction of sp³-hybridized carbons (Fsp3) is 0.125. The molecule has 102 valence electrons. The summed E-state index contributed by atoms with van der Waals surface area (Å²) < 4.78 is 4.60. The van der Waals surface area contributed by atoms with Gasteiger partial charge in [-0.15, -0.1) is 0 Å². The van der Waals surface area contributed by atoms with E-state index in [0.29, 0.717) is 11.1 Å². The summed E-state index contributed by atoms with van der Waals surface area (Å²) in [4.78, 5) is 23.3. The van der Waals surface area contributed by atoms with Crippen LogP contribution in [0.15, 0.2) is 48.5 Å². The number of methoxy groups -OCH3 is 1. The summed E-state index contributed by atoms with van der Waals surface area (Å²) in [5.74, 6) is -0.638. The zero-order valence-corrected chi connectivity index (χ0v) is 11.3. The van der Waals surface area contributed by atoms with Crippen LogP contribution in [0, 0.1) is 6.92 Å². The maximum atomic E-state index is 12.0. The summed E-state index contributed by atoms with van der Waals surface area (Å²) in [5, 5.41) is 2.79. The molecule has 0 saturated heterocycles. The highest BCUT2D eigenvalue weighted by Gasteiger charge is 2.09. The van der Waals surface area contributed by atoms with Crippen molar-refractivity contribution in [2.75, 3.05) is 12.4 Å². The van der Waals surface area contributed by atoms with Gasteiger partial charge in [0.15, 0.2) is 0 Å². The maximum Gasteiger partial charge on any atom is 0.337 e. The van der Waals surface area contributed by atoms with Crippen molar-refractivity contribution in [3.63, 3.8) is 0 Å². The second kappa shape index (κ2) is 6.02. The predicted molar refractivity (Wildman–Crippen MR) is 76.9 cm³/mol. The number of hydrogen-bond donors (Lipinski definition) is 1. The zero-order chi connectivity index (χ0) is 14.5. The second-order valence-electron chi connectivity index (χ2n) is 4.39. The Bertz CT molecular complexity index is 615. The van der Waals surface area contributed by atoms with E-state index in [-0.39, 0.29) is 5.91 Å². The van der Waals surface area contributed by atoms with Gasteiger partial charge in [-0.25, -0.2) is 4.79 Å². The Morgan fingerprint density at radius 1 is 0.900 bits per heavy atom. The van der Waals surface area contributed by atoms with Crippen molar-refractivity contribution >= 4 is 17.6 Å². The molecule has 0 bridgehead atoms. The molecule has 20 heavy (non-hydrogen) atoms. The molecule has 1 N–H and O–H groups in total. The van der Waals surface area contributed by atoms with E-state index >= 15 is 0 Å². The highest BCUT2D eigenvalue weighted by atomic mass is 16.5. The summed E-state index contributed by atoms with van der Waals surface area (Å²) in [5.41, 5.74) is 2.76. The molecule has 1 amide bonds. The summed E-state index contributed by atoms with van der Waals surface area (Å²) in [6.07, 6.45) is 0. The molecular formula is C16H15NO3. The number of carbonyl (C=O) groups excluding carboxylic acids is 2. The first-order valence-electron chi connectivity index (χ1n) is 6.16. The Hall–Kier alpha value is -2.62. The van der Waals surface area contributed by atoms with Gasteiger partial charge in [-0.3, -0.25) is 4.79 Å². The lowest BCUT2D eigenvalue weighted by Gasteiger charge is -2.06. The Morgan fingerprint density at radius 3 is 2.00 bits per heavy atom. The number of carbonyl (C=O) groups is 2. The molecule has 2 aromatic carbocycles. The van der Waals surface area contributed by atoms with Crippen LogP contribution in [0.2, 0.25) is 0 Å². The Morgan fingerprint density at radius 2 is 1.45 bits per heavy atom. The van der Waals surface area contributed by atoms with Gasteiger partial charge in [-0.05, 0) is 43.3 Å². The zero-order valence-electron chi connectivity index (χ0n) is 11.3. The molecule has 0 aliphatic heterocycles. The number of benzene rings is 2. The van der Waals surface area contributed by atoms with E-state index in [9.17, 15) is 9.59 Å². The predicted octanol–water partition coefficient (Wildman–Crippen LogP) is 3.03. The third-order valence-electron chi connectivity index (χ3n) is 2.88. The number of esters is 1. The van der Waals surface area contributed by atoms with E-state index in [1.807, 2.05) is 31.2 Å². The summed E-state index contributed by atoms with van der Waals surface area (Å²) in [7, 11) is 1.32. The first-order chi connectivity index (χ1) is 9.60. The van der Waals surface area contributed by atoms with Gasteiger partial charge in [-0.2, -0.15) is 0 Å². The molecule has 0 radical (unpaired) electrons. The van der Waals surface area contributed by atoms with Crippen LogP contribution in [-0.2, 0) is 4.74 Å². The van der Waals surface area contributed by atoms with Crippen LogP contribution < -0.4 is 5.32 Å². The third-order valence-corrected chi connectivity index (χ3v) is 2.88. The largest absolute Gasteiger partial charge is 0.465 e. The maximum absolute atomic E-state index is 12.0. The monoisotopic (exact) mass is 269 g/mol. The Labute approximate surface area is 117 Å². The first kappa shape index (κ1) is 13.8. The molecule has 4 nitrogen and oxygen atoms in total. The molecule has 2 rings (SSSR count). The Kier molecular flexibility index (Phi) is 4.15. The van der Waals surface area contributed by atoms with Crippen molar-refractivity contribution in [3.05, 3.63) is 65.2 Å². The fourth-order valence-corrected chi connectivity index (χ4v) is 1.72. The van der Waals surface area contributed by atoms with Gasteiger partial charge >= 0.3 is 5.97 Å². The van der Waals surface area contributed by atoms with Gasteiger partial charge in [0, 0.05) is 11.3 Å². The van der Waals surface area contributed by atoms with Gasteiger partial charge in [0.25, 0.3) is 5.91 Å². The SMILES string of the molecule is COC(=O)c1ccc(C(=O)Nc2ccc(C)cc2)cc1. The van der Waals surface area contributed by atoms with Gasteiger partial charge < -0.3 is 10.1 Å². The van der Waals surface area contributed by atoms with Crippen LogP contribution in [0.3, 0.4) is 0 Å². The molecule has 0 aromatic heterocycles. The topological polar surface area (TPSA) is 55.4 Å². The van der Waals surface area contributed by atoms with Crippen molar-refractivity contribution in [3.8, 4) is 0 Å². The van der Waals surface area contributed by atoms with Crippen molar-refractivity contribution < 1.29 is 14.3 Å². The van der Waals surface area contributed by atoms with E-state index in [0.717, 1.165) is 11.3 Å². The first-order valence-corrected chi connectivity index (χ1v) is 6.16. The Balaban J connectivity index is 2.09. The number of ether oxygens (including phenoxy) is 1.